The number of halogens is 3. The molecule has 3 nitrogen and oxygen atoms in total. The smallest absolute Gasteiger partial charge is 0.129 e. The van der Waals surface area contributed by atoms with E-state index in [-0.39, 0.29) is 30.9 Å². The Balaban J connectivity index is 0.00000220. The van der Waals surface area contributed by atoms with E-state index in [0.29, 0.717) is 10.6 Å². The number of hydrogen-bond donors (Lipinski definition) is 2. The molecule has 1 atom stereocenters. The number of nitrogens with zero attached hydrogens (tertiary/aromatic N) is 1. The Hall–Kier alpha value is -0.390. The highest BCUT2D eigenvalue weighted by Crippen LogP contribution is 2.42. The lowest BCUT2D eigenvalue weighted by atomic mass is 9.79. The molecule has 1 saturated heterocycles. The molecule has 0 radical (unpaired) electrons. The van der Waals surface area contributed by atoms with E-state index in [0.717, 1.165) is 26.2 Å². The fraction of sp³-hybridized carbons (Fsp3) is 0.600. The lowest BCUT2D eigenvalue weighted by Crippen LogP contribution is -2.49. The van der Waals surface area contributed by atoms with Gasteiger partial charge in [0.2, 0.25) is 0 Å². The van der Waals surface area contributed by atoms with Crippen molar-refractivity contribution in [2.24, 2.45) is 5.41 Å². The van der Waals surface area contributed by atoms with Gasteiger partial charge in [-0.25, -0.2) is 4.39 Å². The van der Waals surface area contributed by atoms with Crippen LogP contribution in [0.5, 0.6) is 0 Å². The fourth-order valence-corrected chi connectivity index (χ4v) is 3.13. The largest absolute Gasteiger partial charge is 0.396 e. The lowest BCUT2D eigenvalue weighted by molar-refractivity contribution is 0.0287. The molecule has 0 aliphatic carbocycles. The van der Waals surface area contributed by atoms with E-state index in [9.17, 15) is 9.50 Å². The second kappa shape index (κ2) is 7.75. The summed E-state index contributed by atoms with van der Waals surface area (Å²) in [5.74, 6) is -0.303. The van der Waals surface area contributed by atoms with Gasteiger partial charge in [0, 0.05) is 54.8 Å². The molecule has 0 saturated carbocycles. The molecule has 0 bridgehead atoms. The van der Waals surface area contributed by atoms with Crippen LogP contribution < -0.4 is 5.32 Å². The SMILES string of the molecule is CC(C)(CO)[C@@H](c1c(F)cccc1Cl)N1CCNCC1.Cl. The van der Waals surface area contributed by atoms with Gasteiger partial charge in [0.05, 0.1) is 0 Å². The molecule has 0 unspecified atom stereocenters. The highest BCUT2D eigenvalue weighted by Gasteiger charge is 2.38. The third kappa shape index (κ3) is 4.08. The van der Waals surface area contributed by atoms with Gasteiger partial charge in [0.25, 0.3) is 0 Å². The summed E-state index contributed by atoms with van der Waals surface area (Å²) < 4.78 is 14.3. The molecule has 2 rings (SSSR count). The van der Waals surface area contributed by atoms with Crippen molar-refractivity contribution in [1.29, 1.82) is 0 Å². The van der Waals surface area contributed by atoms with Crippen LogP contribution in [0, 0.1) is 11.2 Å². The topological polar surface area (TPSA) is 35.5 Å². The summed E-state index contributed by atoms with van der Waals surface area (Å²) >= 11 is 6.24. The van der Waals surface area contributed by atoms with E-state index in [2.05, 4.69) is 10.2 Å². The Morgan fingerprint density at radius 1 is 1.38 bits per heavy atom. The van der Waals surface area contributed by atoms with Crippen LogP contribution in [0.2, 0.25) is 5.02 Å². The van der Waals surface area contributed by atoms with Gasteiger partial charge in [-0.05, 0) is 12.1 Å². The Morgan fingerprint density at radius 3 is 2.52 bits per heavy atom. The first kappa shape index (κ1) is 18.7. The second-order valence-electron chi connectivity index (χ2n) is 5.97. The van der Waals surface area contributed by atoms with E-state index in [1.807, 2.05) is 13.8 Å². The van der Waals surface area contributed by atoms with E-state index in [1.165, 1.54) is 6.07 Å². The molecule has 2 N–H and O–H groups in total. The molecule has 6 heteroatoms. The molecule has 1 fully saturated rings. The summed E-state index contributed by atoms with van der Waals surface area (Å²) in [6, 6.07) is 4.53. The fourth-order valence-electron chi connectivity index (χ4n) is 2.87. The van der Waals surface area contributed by atoms with Crippen molar-refractivity contribution in [3.8, 4) is 0 Å². The molecule has 0 aromatic heterocycles. The number of nitrogens with one attached hydrogen (secondary N) is 1. The molecule has 1 aliphatic rings. The number of piperazine rings is 1. The third-order valence-electron chi connectivity index (χ3n) is 3.94. The van der Waals surface area contributed by atoms with Crippen LogP contribution in [0.25, 0.3) is 0 Å². The maximum absolute atomic E-state index is 14.3. The first-order valence-corrected chi connectivity index (χ1v) is 7.34. The monoisotopic (exact) mass is 336 g/mol. The van der Waals surface area contributed by atoms with Gasteiger partial charge >= 0.3 is 0 Å². The highest BCUT2D eigenvalue weighted by molar-refractivity contribution is 6.31. The van der Waals surface area contributed by atoms with E-state index >= 15 is 0 Å². The number of rotatable bonds is 4. The van der Waals surface area contributed by atoms with Crippen LogP contribution in [0.15, 0.2) is 18.2 Å². The Bertz CT molecular complexity index is 445. The van der Waals surface area contributed by atoms with Gasteiger partial charge in [-0.2, -0.15) is 0 Å². The van der Waals surface area contributed by atoms with Gasteiger partial charge in [0.1, 0.15) is 5.82 Å². The molecule has 1 aromatic rings. The molecule has 21 heavy (non-hydrogen) atoms. The van der Waals surface area contributed by atoms with Crippen LogP contribution in [-0.4, -0.2) is 42.8 Å². The summed E-state index contributed by atoms with van der Waals surface area (Å²) in [6.45, 7) is 7.24. The normalized spacial score (nSPS) is 18.1. The van der Waals surface area contributed by atoms with Gasteiger partial charge in [0.15, 0.2) is 0 Å². The molecule has 0 spiro atoms. The van der Waals surface area contributed by atoms with Crippen LogP contribution in [0.4, 0.5) is 4.39 Å². The first-order chi connectivity index (χ1) is 9.47. The lowest BCUT2D eigenvalue weighted by Gasteiger charge is -2.43. The van der Waals surface area contributed by atoms with Crippen molar-refractivity contribution in [1.82, 2.24) is 10.2 Å². The van der Waals surface area contributed by atoms with Crippen molar-refractivity contribution in [3.05, 3.63) is 34.6 Å². The van der Waals surface area contributed by atoms with Gasteiger partial charge in [-0.3, -0.25) is 4.90 Å². The van der Waals surface area contributed by atoms with Crippen LogP contribution >= 0.6 is 24.0 Å². The van der Waals surface area contributed by atoms with Crippen LogP contribution in [0.1, 0.15) is 25.5 Å². The average Bonchev–Trinajstić information content (AvgIpc) is 2.43. The predicted octanol–water partition coefficient (Wildman–Crippen LogP) is 2.87. The summed E-state index contributed by atoms with van der Waals surface area (Å²) in [5.41, 5.74) is 0.0264. The van der Waals surface area contributed by atoms with Crippen molar-refractivity contribution in [2.45, 2.75) is 19.9 Å². The molecular formula is C15H23Cl2FN2O. The van der Waals surface area contributed by atoms with Crippen molar-refractivity contribution >= 4 is 24.0 Å². The average molecular weight is 337 g/mol. The Morgan fingerprint density at radius 2 is 2.00 bits per heavy atom. The van der Waals surface area contributed by atoms with Gasteiger partial charge < -0.3 is 10.4 Å². The quantitative estimate of drug-likeness (QED) is 0.887. The van der Waals surface area contributed by atoms with E-state index in [4.69, 9.17) is 11.6 Å². The molecule has 0 amide bonds. The van der Waals surface area contributed by atoms with Crippen molar-refractivity contribution in [3.63, 3.8) is 0 Å². The number of aliphatic hydroxyl groups excluding tert-OH is 1. The Labute approximate surface area is 136 Å². The zero-order valence-corrected chi connectivity index (χ0v) is 14.0. The molecule has 120 valence electrons. The standard InChI is InChI=1S/C15H22ClFN2O.ClH/c1-15(2,10-20)14(19-8-6-18-7-9-19)13-11(16)4-3-5-12(13)17;/h3-5,14,18,20H,6-10H2,1-2H3;1H/t14-;/m1./s1. The summed E-state index contributed by atoms with van der Waals surface area (Å²) in [6.07, 6.45) is 0. The Kier molecular flexibility index (Phi) is 6.88. The van der Waals surface area contributed by atoms with E-state index < -0.39 is 5.41 Å². The molecule has 1 aromatic carbocycles. The zero-order valence-electron chi connectivity index (χ0n) is 12.4. The van der Waals surface area contributed by atoms with E-state index in [1.54, 1.807) is 12.1 Å². The van der Waals surface area contributed by atoms with Crippen molar-refractivity contribution < 1.29 is 9.50 Å². The maximum Gasteiger partial charge on any atom is 0.129 e. The van der Waals surface area contributed by atoms with Crippen molar-refractivity contribution in [2.75, 3.05) is 32.8 Å². The molecule has 1 heterocycles. The minimum absolute atomic E-state index is 0. The highest BCUT2D eigenvalue weighted by atomic mass is 35.5. The zero-order chi connectivity index (χ0) is 14.8. The minimum atomic E-state index is -0.469. The third-order valence-corrected chi connectivity index (χ3v) is 4.27. The predicted molar refractivity (Wildman–Crippen MR) is 86.7 cm³/mol. The number of hydrogen-bond acceptors (Lipinski definition) is 3. The van der Waals surface area contributed by atoms with Gasteiger partial charge in [-0.1, -0.05) is 31.5 Å². The number of aliphatic hydroxyl groups is 1. The van der Waals surface area contributed by atoms with Crippen LogP contribution in [-0.2, 0) is 0 Å². The van der Waals surface area contributed by atoms with Crippen LogP contribution in [0.3, 0.4) is 0 Å². The second-order valence-corrected chi connectivity index (χ2v) is 6.38. The first-order valence-electron chi connectivity index (χ1n) is 6.97. The summed E-state index contributed by atoms with van der Waals surface area (Å²) in [5, 5.41) is 13.4. The summed E-state index contributed by atoms with van der Waals surface area (Å²) in [7, 11) is 0. The maximum atomic E-state index is 14.3. The number of benzene rings is 1. The minimum Gasteiger partial charge on any atom is -0.396 e. The molecular weight excluding hydrogens is 314 g/mol. The van der Waals surface area contributed by atoms with Gasteiger partial charge in [-0.15, -0.1) is 12.4 Å². The summed E-state index contributed by atoms with van der Waals surface area (Å²) in [4.78, 5) is 2.21. The molecule has 1 aliphatic heterocycles.